The highest BCUT2D eigenvalue weighted by Gasteiger charge is 2.55. The van der Waals surface area contributed by atoms with Crippen molar-refractivity contribution in [1.82, 2.24) is 0 Å². The Morgan fingerprint density at radius 1 is 0.791 bits per heavy atom. The van der Waals surface area contributed by atoms with Crippen molar-refractivity contribution in [3.63, 3.8) is 0 Å². The van der Waals surface area contributed by atoms with Crippen molar-refractivity contribution in [2.75, 3.05) is 9.80 Å². The van der Waals surface area contributed by atoms with E-state index in [1.54, 1.807) is 5.47 Å². The number of para-hydroxylation sites is 2. The minimum absolute atomic E-state index is 0.00410. The van der Waals surface area contributed by atoms with Crippen LogP contribution in [0.2, 0.25) is 0 Å². The second-order valence-corrected chi connectivity index (χ2v) is 13.4. The Labute approximate surface area is 258 Å². The molecule has 3 heterocycles. The maximum Gasteiger partial charge on any atom is 0.245 e. The molecule has 43 heavy (non-hydrogen) atoms. The zero-order valence-corrected chi connectivity index (χ0v) is 24.9. The van der Waals surface area contributed by atoms with Gasteiger partial charge in [-0.15, -0.1) is 11.8 Å². The van der Waals surface area contributed by atoms with Crippen LogP contribution in [0.15, 0.2) is 151 Å². The number of fused-ring (bicyclic) bond motifs is 6. The smallest absolute Gasteiger partial charge is 0.245 e. The lowest BCUT2D eigenvalue weighted by molar-refractivity contribution is 0.567. The molecule has 9 rings (SSSR count). The van der Waals surface area contributed by atoms with Crippen LogP contribution in [0.4, 0.5) is 28.4 Å². The zero-order chi connectivity index (χ0) is 28.5. The quantitative estimate of drug-likeness (QED) is 0.227. The molecular weight excluding hydrogens is 539 g/mol. The highest BCUT2D eigenvalue weighted by atomic mass is 32.2. The zero-order valence-electron chi connectivity index (χ0n) is 24.1. The summed E-state index contributed by atoms with van der Waals surface area (Å²) in [6.45, 7) is 2.70. The van der Waals surface area contributed by atoms with Crippen LogP contribution in [0.1, 0.15) is 18.9 Å². The van der Waals surface area contributed by atoms with Gasteiger partial charge >= 0.3 is 0 Å². The summed E-state index contributed by atoms with van der Waals surface area (Å²) in [4.78, 5) is 6.50. The maximum atomic E-state index is 2.51. The Morgan fingerprint density at radius 3 is 2.42 bits per heavy atom. The van der Waals surface area contributed by atoms with E-state index in [9.17, 15) is 0 Å². The van der Waals surface area contributed by atoms with Crippen molar-refractivity contribution in [2.24, 2.45) is 5.41 Å². The fourth-order valence-corrected chi connectivity index (χ4v) is 9.54. The molecule has 0 amide bonds. The van der Waals surface area contributed by atoms with Crippen molar-refractivity contribution in [3.05, 3.63) is 157 Å². The number of anilines is 5. The maximum absolute atomic E-state index is 2.51. The van der Waals surface area contributed by atoms with Crippen LogP contribution in [-0.2, 0) is 0 Å². The molecule has 0 spiro atoms. The van der Waals surface area contributed by atoms with Crippen LogP contribution >= 0.6 is 11.8 Å². The van der Waals surface area contributed by atoms with Crippen LogP contribution < -0.4 is 20.7 Å². The normalized spacial score (nSPS) is 23.7. The predicted molar refractivity (Wildman–Crippen MR) is 186 cm³/mol. The molecule has 4 aromatic carbocycles. The minimum atomic E-state index is -0.00410. The monoisotopic (exact) mass is 570 g/mol. The van der Waals surface area contributed by atoms with Gasteiger partial charge < -0.3 is 9.80 Å². The van der Waals surface area contributed by atoms with E-state index in [1.807, 2.05) is 0 Å². The van der Waals surface area contributed by atoms with Crippen LogP contribution in [0.3, 0.4) is 0 Å². The molecular formula is C39H31BN2S. The molecule has 0 N–H and O–H groups in total. The van der Waals surface area contributed by atoms with Gasteiger partial charge in [-0.1, -0.05) is 116 Å². The van der Waals surface area contributed by atoms with E-state index < -0.39 is 0 Å². The van der Waals surface area contributed by atoms with E-state index in [0.717, 1.165) is 6.42 Å². The van der Waals surface area contributed by atoms with Crippen molar-refractivity contribution < 1.29 is 0 Å². The number of thioether (sulfide) groups is 1. The van der Waals surface area contributed by atoms with Gasteiger partial charge in [0.1, 0.15) is 0 Å². The molecule has 0 fully saturated rings. The van der Waals surface area contributed by atoms with Crippen molar-refractivity contribution in [1.29, 1.82) is 0 Å². The van der Waals surface area contributed by atoms with E-state index in [2.05, 4.69) is 174 Å². The molecule has 3 atom stereocenters. The molecule has 5 aliphatic rings. The van der Waals surface area contributed by atoms with E-state index in [0.29, 0.717) is 5.25 Å². The molecule has 2 nitrogen and oxygen atoms in total. The van der Waals surface area contributed by atoms with Gasteiger partial charge in [-0.3, -0.25) is 0 Å². The standard InChI is InChI=1S/C39H31BN2S/c1-39-25-12-11-22-35(39)43-37-31-20-13-21-33-36(31)40(38(37)39)32-24-23-30(26-34(32)42(33)29-18-9-4-10-19-29)41(27-14-5-2-6-15-27)28-16-7-3-8-17-28/h2-16,18-26,28,35H,17H2,1H3/t28?,35?,39-/m1/s1. The molecule has 0 radical (unpaired) electrons. The van der Waals surface area contributed by atoms with E-state index >= 15 is 0 Å². The Balaban J connectivity index is 1.28. The summed E-state index contributed by atoms with van der Waals surface area (Å²) in [6, 6.07) is 36.2. The fourth-order valence-electron chi connectivity index (χ4n) is 7.89. The van der Waals surface area contributed by atoms with Crippen LogP contribution in [0.25, 0.3) is 4.91 Å². The molecule has 2 unspecified atom stereocenters. The number of benzene rings is 4. The van der Waals surface area contributed by atoms with E-state index in [-0.39, 0.29) is 18.2 Å². The second kappa shape index (κ2) is 9.55. The van der Waals surface area contributed by atoms with Crippen molar-refractivity contribution >= 4 is 62.7 Å². The predicted octanol–water partition coefficient (Wildman–Crippen LogP) is 8.61. The first-order valence-electron chi connectivity index (χ1n) is 15.3. The number of hydrogen-bond acceptors (Lipinski definition) is 3. The number of nitrogens with zero attached hydrogens (tertiary/aromatic N) is 2. The topological polar surface area (TPSA) is 6.48 Å². The van der Waals surface area contributed by atoms with Crippen LogP contribution in [0, 0.1) is 5.41 Å². The number of hydrogen-bond donors (Lipinski definition) is 0. The Bertz CT molecular complexity index is 1920. The Kier molecular flexibility index (Phi) is 5.58. The summed E-state index contributed by atoms with van der Waals surface area (Å²) >= 11 is 2.06. The summed E-state index contributed by atoms with van der Waals surface area (Å²) < 4.78 is 0. The molecule has 0 saturated carbocycles. The third-order valence-corrected chi connectivity index (χ3v) is 11.4. The Hall–Kier alpha value is -4.41. The first-order chi connectivity index (χ1) is 21.2. The third kappa shape index (κ3) is 3.63. The summed E-state index contributed by atoms with van der Waals surface area (Å²) in [5.41, 5.74) is 12.1. The summed E-state index contributed by atoms with van der Waals surface area (Å²) in [6.07, 6.45) is 19.3. The minimum Gasteiger partial charge on any atom is -0.334 e. The molecule has 3 aliphatic heterocycles. The fraction of sp³-hybridized carbons (Fsp3) is 0.128. The number of allylic oxidation sites excluding steroid dienone is 6. The first-order valence-corrected chi connectivity index (χ1v) is 16.2. The molecule has 0 bridgehead atoms. The van der Waals surface area contributed by atoms with Gasteiger partial charge in [0, 0.05) is 44.0 Å². The largest absolute Gasteiger partial charge is 0.334 e. The highest BCUT2D eigenvalue weighted by molar-refractivity contribution is 8.09. The van der Waals surface area contributed by atoms with Gasteiger partial charge in [0.25, 0.3) is 0 Å². The van der Waals surface area contributed by atoms with Crippen LogP contribution in [0.5, 0.6) is 0 Å². The lowest BCUT2D eigenvalue weighted by Crippen LogP contribution is -2.53. The summed E-state index contributed by atoms with van der Waals surface area (Å²) in [7, 11) is 0. The van der Waals surface area contributed by atoms with Crippen LogP contribution in [-0.4, -0.2) is 18.0 Å². The average Bonchev–Trinajstić information content (AvgIpc) is 3.56. The third-order valence-electron chi connectivity index (χ3n) is 9.83. The van der Waals surface area contributed by atoms with Gasteiger partial charge in [0.15, 0.2) is 0 Å². The van der Waals surface area contributed by atoms with Gasteiger partial charge in [-0.25, -0.2) is 0 Å². The lowest BCUT2D eigenvalue weighted by atomic mass is 9.32. The number of rotatable bonds is 4. The SMILES string of the molecule is C[C@@]12C=CC=CC1SC1=C2B2c3ccc(N(c4ccccc4)C4C=CC=CC4)cc3N(c3ccccc3)c3cccc1c32. The molecule has 0 saturated heterocycles. The Morgan fingerprint density at radius 2 is 1.60 bits per heavy atom. The molecule has 4 heteroatoms. The van der Waals surface area contributed by atoms with Gasteiger partial charge in [0.2, 0.25) is 6.71 Å². The molecule has 0 aromatic heterocycles. The van der Waals surface area contributed by atoms with Gasteiger partial charge in [0.05, 0.1) is 6.04 Å². The molecule has 206 valence electrons. The highest BCUT2D eigenvalue weighted by Crippen LogP contribution is 2.61. The average molecular weight is 571 g/mol. The van der Waals surface area contributed by atoms with Crippen molar-refractivity contribution in [2.45, 2.75) is 24.6 Å². The van der Waals surface area contributed by atoms with Gasteiger partial charge in [-0.05, 0) is 65.4 Å². The van der Waals surface area contributed by atoms with E-state index in [4.69, 9.17) is 0 Å². The molecule has 2 aliphatic carbocycles. The summed E-state index contributed by atoms with van der Waals surface area (Å²) in [5.74, 6) is 0. The second-order valence-electron chi connectivity index (χ2n) is 12.2. The lowest BCUT2D eigenvalue weighted by Gasteiger charge is -2.41. The molecule has 4 aromatic rings. The van der Waals surface area contributed by atoms with Gasteiger partial charge in [-0.2, -0.15) is 0 Å². The first kappa shape index (κ1) is 25.1. The van der Waals surface area contributed by atoms with Crippen molar-refractivity contribution in [3.8, 4) is 0 Å². The van der Waals surface area contributed by atoms with E-state index in [1.165, 1.54) is 49.8 Å². The summed E-state index contributed by atoms with van der Waals surface area (Å²) in [5, 5.41) is 0.439.